The molecule has 1 aromatic rings. The van der Waals surface area contributed by atoms with Gasteiger partial charge in [0.25, 0.3) is 5.91 Å². The number of aliphatic carboxylic acids is 1. The summed E-state index contributed by atoms with van der Waals surface area (Å²) in [6.07, 6.45) is 2.41. The summed E-state index contributed by atoms with van der Waals surface area (Å²) >= 11 is 5.87. The fourth-order valence-corrected chi connectivity index (χ4v) is 5.02. The van der Waals surface area contributed by atoms with Gasteiger partial charge in [-0.15, -0.1) is 0 Å². The fraction of sp³-hybridized carbons (Fsp3) is 0.579. The molecule has 3 aliphatic rings. The van der Waals surface area contributed by atoms with E-state index in [4.69, 9.17) is 21.4 Å². The number of carbonyl (C=O) groups excluding carboxylic acids is 1. The fourth-order valence-electron chi connectivity index (χ4n) is 4.90. The van der Waals surface area contributed by atoms with Crippen molar-refractivity contribution in [2.75, 3.05) is 26.2 Å². The van der Waals surface area contributed by atoms with Crippen molar-refractivity contribution in [1.29, 1.82) is 0 Å². The Morgan fingerprint density at radius 1 is 1.35 bits per heavy atom. The molecule has 4 atom stereocenters. The number of halogens is 1. The molecule has 1 aromatic carbocycles. The number of carboxylic acid groups (broad SMARTS) is 1. The normalized spacial score (nSPS) is 32.6. The van der Waals surface area contributed by atoms with Gasteiger partial charge in [0.1, 0.15) is 0 Å². The van der Waals surface area contributed by atoms with Crippen LogP contribution in [-0.4, -0.2) is 59.8 Å². The molecule has 0 aromatic heterocycles. The van der Waals surface area contributed by atoms with E-state index in [9.17, 15) is 9.59 Å². The van der Waals surface area contributed by atoms with E-state index in [0.717, 1.165) is 25.9 Å². The summed E-state index contributed by atoms with van der Waals surface area (Å²) in [4.78, 5) is 25.4. The lowest BCUT2D eigenvalue weighted by Gasteiger charge is -2.29. The minimum absolute atomic E-state index is 0.0979. The van der Waals surface area contributed by atoms with E-state index in [0.29, 0.717) is 29.6 Å². The van der Waals surface area contributed by atoms with Crippen molar-refractivity contribution in [3.63, 3.8) is 0 Å². The van der Waals surface area contributed by atoms with Crippen LogP contribution in [-0.2, 0) is 9.53 Å². The van der Waals surface area contributed by atoms with E-state index in [-0.39, 0.29) is 30.0 Å². The molecule has 3 aliphatic heterocycles. The zero-order chi connectivity index (χ0) is 18.3. The summed E-state index contributed by atoms with van der Waals surface area (Å²) in [5, 5.41) is 12.6. The standard InChI is InChI=1S/C19H23ClN2O4/c20-13-3-1-12(2-4-13)18(25)21-9-14-15-10-22(8-6-17(23)24)11-19(15)7-5-16(14)26-19/h1-4,14-16H,5-11H2,(H,21,25)(H,23,24)/t14-,15+,16+,19+/m0/s1. The second-order valence-corrected chi connectivity index (χ2v) is 8.06. The van der Waals surface area contributed by atoms with Gasteiger partial charge in [0.15, 0.2) is 0 Å². The molecule has 3 saturated heterocycles. The average molecular weight is 379 g/mol. The van der Waals surface area contributed by atoms with Crippen molar-refractivity contribution >= 4 is 23.5 Å². The van der Waals surface area contributed by atoms with Gasteiger partial charge in [0.05, 0.1) is 18.1 Å². The monoisotopic (exact) mass is 378 g/mol. The van der Waals surface area contributed by atoms with E-state index in [1.165, 1.54) is 0 Å². The van der Waals surface area contributed by atoms with Gasteiger partial charge in [-0.1, -0.05) is 11.6 Å². The Morgan fingerprint density at radius 2 is 2.12 bits per heavy atom. The van der Waals surface area contributed by atoms with Gasteiger partial charge < -0.3 is 15.2 Å². The van der Waals surface area contributed by atoms with Crippen LogP contribution in [0.15, 0.2) is 24.3 Å². The number of hydrogen-bond acceptors (Lipinski definition) is 4. The number of nitrogens with zero attached hydrogens (tertiary/aromatic N) is 1. The van der Waals surface area contributed by atoms with Gasteiger partial charge in [-0.05, 0) is 37.1 Å². The van der Waals surface area contributed by atoms with Crippen LogP contribution in [0.4, 0.5) is 0 Å². The second-order valence-electron chi connectivity index (χ2n) is 7.63. The van der Waals surface area contributed by atoms with Crippen LogP contribution in [0.25, 0.3) is 0 Å². The lowest BCUT2D eigenvalue weighted by atomic mass is 9.73. The van der Waals surface area contributed by atoms with Crippen molar-refractivity contribution in [3.8, 4) is 0 Å². The van der Waals surface area contributed by atoms with E-state index in [1.54, 1.807) is 24.3 Å². The van der Waals surface area contributed by atoms with Crippen molar-refractivity contribution in [1.82, 2.24) is 10.2 Å². The Hall–Kier alpha value is -1.63. The molecular formula is C19H23ClN2O4. The highest BCUT2D eigenvalue weighted by Gasteiger charge is 2.62. The Balaban J connectivity index is 1.37. The molecule has 140 valence electrons. The third-order valence-corrected chi connectivity index (χ3v) is 6.35. The van der Waals surface area contributed by atoms with Crippen LogP contribution >= 0.6 is 11.6 Å². The molecule has 6 nitrogen and oxygen atoms in total. The number of benzene rings is 1. The molecule has 2 bridgehead atoms. The number of rotatable bonds is 6. The minimum atomic E-state index is -0.767. The van der Waals surface area contributed by atoms with Crippen molar-refractivity contribution in [2.24, 2.45) is 11.8 Å². The van der Waals surface area contributed by atoms with Gasteiger partial charge in [0, 0.05) is 48.6 Å². The molecule has 3 heterocycles. The first-order valence-electron chi connectivity index (χ1n) is 9.13. The number of amides is 1. The highest BCUT2D eigenvalue weighted by molar-refractivity contribution is 6.30. The van der Waals surface area contributed by atoms with Gasteiger partial charge in [0.2, 0.25) is 0 Å². The Kier molecular flexibility index (Phi) is 4.67. The summed E-state index contributed by atoms with van der Waals surface area (Å²) in [5.74, 6) is -0.217. The van der Waals surface area contributed by atoms with Crippen LogP contribution < -0.4 is 5.32 Å². The van der Waals surface area contributed by atoms with Crippen molar-refractivity contribution in [2.45, 2.75) is 31.0 Å². The number of hydrogen-bond donors (Lipinski definition) is 2. The topological polar surface area (TPSA) is 78.9 Å². The lowest BCUT2D eigenvalue weighted by Crippen LogP contribution is -2.41. The molecule has 0 aliphatic carbocycles. The second kappa shape index (κ2) is 6.83. The van der Waals surface area contributed by atoms with E-state index >= 15 is 0 Å². The van der Waals surface area contributed by atoms with Crippen molar-refractivity contribution < 1.29 is 19.4 Å². The number of ether oxygens (including phenoxy) is 1. The molecule has 0 unspecified atom stereocenters. The Labute approximate surface area is 157 Å². The summed E-state index contributed by atoms with van der Waals surface area (Å²) in [7, 11) is 0. The predicted octanol–water partition coefficient (Wildman–Crippen LogP) is 2.02. The van der Waals surface area contributed by atoms with Gasteiger partial charge in [-0.25, -0.2) is 0 Å². The molecule has 1 spiro atoms. The Morgan fingerprint density at radius 3 is 2.85 bits per heavy atom. The number of nitrogens with one attached hydrogen (secondary N) is 1. The molecule has 0 saturated carbocycles. The molecule has 1 amide bonds. The molecule has 26 heavy (non-hydrogen) atoms. The van der Waals surface area contributed by atoms with Crippen LogP contribution in [0.1, 0.15) is 29.6 Å². The minimum Gasteiger partial charge on any atom is -0.481 e. The quantitative estimate of drug-likeness (QED) is 0.791. The van der Waals surface area contributed by atoms with Crippen LogP contribution in [0.5, 0.6) is 0 Å². The van der Waals surface area contributed by atoms with Crippen LogP contribution in [0.2, 0.25) is 5.02 Å². The van der Waals surface area contributed by atoms with Crippen molar-refractivity contribution in [3.05, 3.63) is 34.9 Å². The van der Waals surface area contributed by atoms with Gasteiger partial charge in [-0.3, -0.25) is 14.5 Å². The number of fused-ring (bicyclic) bond motifs is 1. The molecular weight excluding hydrogens is 356 g/mol. The maximum Gasteiger partial charge on any atom is 0.304 e. The first kappa shape index (κ1) is 17.8. The third kappa shape index (κ3) is 3.21. The predicted molar refractivity (Wildman–Crippen MR) is 96.3 cm³/mol. The SMILES string of the molecule is O=C(O)CCN1C[C@@H]2[C@H](CNC(=O)c3ccc(Cl)cc3)[C@H]3CC[C@]2(C1)O3. The number of likely N-dealkylation sites (tertiary alicyclic amines) is 1. The zero-order valence-corrected chi connectivity index (χ0v) is 15.2. The Bertz CT molecular complexity index is 710. The van der Waals surface area contributed by atoms with Gasteiger partial charge >= 0.3 is 5.97 Å². The molecule has 3 fully saturated rings. The van der Waals surface area contributed by atoms with Gasteiger partial charge in [-0.2, -0.15) is 0 Å². The van der Waals surface area contributed by atoms with E-state index < -0.39 is 5.97 Å². The largest absolute Gasteiger partial charge is 0.481 e. The third-order valence-electron chi connectivity index (χ3n) is 6.10. The first-order valence-corrected chi connectivity index (χ1v) is 9.50. The molecule has 2 N–H and O–H groups in total. The molecule has 4 rings (SSSR count). The van der Waals surface area contributed by atoms with Crippen LogP contribution in [0.3, 0.4) is 0 Å². The molecule has 0 radical (unpaired) electrons. The maximum absolute atomic E-state index is 12.4. The van der Waals surface area contributed by atoms with Crippen LogP contribution in [0, 0.1) is 11.8 Å². The summed E-state index contributed by atoms with van der Waals surface area (Å²) in [6.45, 7) is 2.81. The molecule has 7 heteroatoms. The smallest absolute Gasteiger partial charge is 0.304 e. The first-order chi connectivity index (χ1) is 12.5. The highest BCUT2D eigenvalue weighted by Crippen LogP contribution is 2.54. The number of carboxylic acids is 1. The maximum atomic E-state index is 12.4. The summed E-state index contributed by atoms with van der Waals surface area (Å²) in [5.41, 5.74) is 0.460. The zero-order valence-electron chi connectivity index (χ0n) is 14.5. The summed E-state index contributed by atoms with van der Waals surface area (Å²) in [6, 6.07) is 6.87. The summed E-state index contributed by atoms with van der Waals surface area (Å²) < 4.78 is 6.33. The van der Waals surface area contributed by atoms with E-state index in [1.807, 2.05) is 0 Å². The highest BCUT2D eigenvalue weighted by atomic mass is 35.5. The lowest BCUT2D eigenvalue weighted by molar-refractivity contribution is -0.137. The van der Waals surface area contributed by atoms with E-state index in [2.05, 4.69) is 10.2 Å². The average Bonchev–Trinajstić information content (AvgIpc) is 3.26. The number of carbonyl (C=O) groups is 2.